The maximum atomic E-state index is 12.2. The highest BCUT2D eigenvalue weighted by Gasteiger charge is 2.17. The monoisotopic (exact) mass is 382 g/mol. The van der Waals surface area contributed by atoms with E-state index in [4.69, 9.17) is 16.3 Å². The molecule has 0 bridgehead atoms. The number of nitrogens with zero attached hydrogens (tertiary/aromatic N) is 1. The Morgan fingerprint density at radius 3 is 2.36 bits per heavy atom. The van der Waals surface area contributed by atoms with Gasteiger partial charge in [-0.05, 0) is 42.5 Å². The summed E-state index contributed by atoms with van der Waals surface area (Å²) < 4.78 is 30.4. The Hall–Kier alpha value is -2.09. The fourth-order valence-electron chi connectivity index (χ4n) is 2.18. The van der Waals surface area contributed by atoms with Crippen LogP contribution in [0.5, 0.6) is 5.75 Å². The summed E-state index contributed by atoms with van der Waals surface area (Å²) in [5.74, 6) is 0.316. The summed E-state index contributed by atoms with van der Waals surface area (Å²) in [6, 6.07) is 11.0. The molecule has 0 saturated heterocycles. The molecule has 0 aliphatic heterocycles. The number of benzene rings is 2. The zero-order valence-electron chi connectivity index (χ0n) is 14.1. The first kappa shape index (κ1) is 19.2. The number of sulfonamides is 1. The molecule has 0 spiro atoms. The molecule has 0 radical (unpaired) electrons. The molecule has 2 aromatic carbocycles. The minimum atomic E-state index is -3.50. The molecule has 1 amide bonds. The Kier molecular flexibility index (Phi) is 6.05. The van der Waals surface area contributed by atoms with Crippen molar-refractivity contribution in [1.82, 2.24) is 4.31 Å². The molecule has 0 aromatic heterocycles. The van der Waals surface area contributed by atoms with Crippen molar-refractivity contribution < 1.29 is 17.9 Å². The van der Waals surface area contributed by atoms with Crippen LogP contribution >= 0.6 is 11.6 Å². The number of amides is 1. The quantitative estimate of drug-likeness (QED) is 0.833. The molecule has 134 valence electrons. The molecule has 0 saturated carbocycles. The lowest BCUT2D eigenvalue weighted by atomic mass is 10.1. The summed E-state index contributed by atoms with van der Waals surface area (Å²) in [5, 5.41) is 3.24. The summed E-state index contributed by atoms with van der Waals surface area (Å²) in [6.45, 7) is 0. The molecule has 0 aliphatic rings. The summed E-state index contributed by atoms with van der Waals surface area (Å²) in [5.41, 5.74) is 1.17. The van der Waals surface area contributed by atoms with Crippen molar-refractivity contribution in [3.63, 3.8) is 0 Å². The van der Waals surface area contributed by atoms with Crippen LogP contribution in [0.25, 0.3) is 0 Å². The highest BCUT2D eigenvalue weighted by Crippen LogP contribution is 2.23. The topological polar surface area (TPSA) is 75.7 Å². The van der Waals surface area contributed by atoms with E-state index in [1.54, 1.807) is 30.3 Å². The summed E-state index contributed by atoms with van der Waals surface area (Å²) in [7, 11) is 0.951. The zero-order chi connectivity index (χ0) is 18.6. The molecule has 0 atom stereocenters. The predicted octanol–water partition coefficient (Wildman–Crippen LogP) is 2.78. The van der Waals surface area contributed by atoms with Crippen LogP contribution in [0.4, 0.5) is 5.69 Å². The van der Waals surface area contributed by atoms with Crippen molar-refractivity contribution in [2.45, 2.75) is 11.3 Å². The van der Waals surface area contributed by atoms with Crippen molar-refractivity contribution in [1.29, 1.82) is 0 Å². The molecule has 6 nitrogen and oxygen atoms in total. The van der Waals surface area contributed by atoms with Gasteiger partial charge < -0.3 is 10.1 Å². The standard InChI is InChI=1S/C17H19ClN2O4S/c1-20(2)25(22,23)15-7-5-14(6-8-15)19-17(21)11-12-10-13(18)4-9-16(12)24-3/h4-10H,11H2,1-3H3,(H,19,21). The first-order valence-electron chi connectivity index (χ1n) is 7.39. The second-order valence-corrected chi connectivity index (χ2v) is 8.08. The molecule has 0 heterocycles. The molecule has 8 heteroatoms. The lowest BCUT2D eigenvalue weighted by Gasteiger charge is -2.12. The first-order chi connectivity index (χ1) is 11.7. The minimum absolute atomic E-state index is 0.0848. The number of hydrogen-bond donors (Lipinski definition) is 1. The summed E-state index contributed by atoms with van der Waals surface area (Å²) in [4.78, 5) is 12.4. The van der Waals surface area contributed by atoms with E-state index in [-0.39, 0.29) is 17.2 Å². The molecular weight excluding hydrogens is 364 g/mol. The van der Waals surface area contributed by atoms with Gasteiger partial charge in [-0.25, -0.2) is 12.7 Å². The minimum Gasteiger partial charge on any atom is -0.496 e. The van der Waals surface area contributed by atoms with Crippen LogP contribution in [0.3, 0.4) is 0 Å². The SMILES string of the molecule is COc1ccc(Cl)cc1CC(=O)Nc1ccc(S(=O)(=O)N(C)C)cc1. The van der Waals surface area contributed by atoms with E-state index >= 15 is 0 Å². The average molecular weight is 383 g/mol. The summed E-state index contributed by atoms with van der Waals surface area (Å²) >= 11 is 5.95. The molecule has 2 rings (SSSR count). The molecule has 0 unspecified atom stereocenters. The third kappa shape index (κ3) is 4.72. The molecular formula is C17H19ClN2O4S. The van der Waals surface area contributed by atoms with Crippen LogP contribution < -0.4 is 10.1 Å². The van der Waals surface area contributed by atoms with Gasteiger partial charge in [0.15, 0.2) is 0 Å². The third-order valence-corrected chi connectivity index (χ3v) is 5.57. The van der Waals surface area contributed by atoms with E-state index in [0.717, 1.165) is 4.31 Å². The first-order valence-corrected chi connectivity index (χ1v) is 9.20. The van der Waals surface area contributed by atoms with Gasteiger partial charge in [-0.3, -0.25) is 4.79 Å². The lowest BCUT2D eigenvalue weighted by molar-refractivity contribution is -0.115. The van der Waals surface area contributed by atoms with E-state index in [1.165, 1.54) is 33.3 Å². The number of carbonyl (C=O) groups is 1. The van der Waals surface area contributed by atoms with Gasteiger partial charge in [-0.1, -0.05) is 11.6 Å². The molecule has 1 N–H and O–H groups in total. The Morgan fingerprint density at radius 1 is 1.16 bits per heavy atom. The molecule has 2 aromatic rings. The van der Waals surface area contributed by atoms with Crippen LogP contribution in [-0.2, 0) is 21.2 Å². The van der Waals surface area contributed by atoms with Crippen molar-refractivity contribution >= 4 is 33.2 Å². The van der Waals surface area contributed by atoms with Gasteiger partial charge in [0.25, 0.3) is 0 Å². The van der Waals surface area contributed by atoms with Gasteiger partial charge in [-0.2, -0.15) is 0 Å². The van der Waals surface area contributed by atoms with Crippen LogP contribution in [0.2, 0.25) is 5.02 Å². The van der Waals surface area contributed by atoms with Gasteiger partial charge >= 0.3 is 0 Å². The van der Waals surface area contributed by atoms with Crippen LogP contribution in [-0.4, -0.2) is 39.8 Å². The Balaban J connectivity index is 2.10. The Morgan fingerprint density at radius 2 is 1.80 bits per heavy atom. The maximum absolute atomic E-state index is 12.2. The number of carbonyl (C=O) groups excluding carboxylic acids is 1. The Bertz CT molecular complexity index is 865. The van der Waals surface area contributed by atoms with E-state index in [1.807, 2.05) is 0 Å². The van der Waals surface area contributed by atoms with Crippen molar-refractivity contribution in [3.8, 4) is 5.75 Å². The van der Waals surface area contributed by atoms with E-state index < -0.39 is 10.0 Å². The molecule has 0 aliphatic carbocycles. The van der Waals surface area contributed by atoms with Crippen molar-refractivity contribution in [3.05, 3.63) is 53.1 Å². The number of ether oxygens (including phenoxy) is 1. The number of rotatable bonds is 6. The largest absolute Gasteiger partial charge is 0.496 e. The second kappa shape index (κ2) is 7.86. The maximum Gasteiger partial charge on any atom is 0.242 e. The van der Waals surface area contributed by atoms with Crippen LogP contribution in [0.1, 0.15) is 5.56 Å². The lowest BCUT2D eigenvalue weighted by Crippen LogP contribution is -2.22. The fraction of sp³-hybridized carbons (Fsp3) is 0.235. The smallest absolute Gasteiger partial charge is 0.242 e. The zero-order valence-corrected chi connectivity index (χ0v) is 15.7. The van der Waals surface area contributed by atoms with Crippen LogP contribution in [0, 0.1) is 0 Å². The Labute approximate surface area is 152 Å². The fourth-order valence-corrected chi connectivity index (χ4v) is 3.28. The molecule has 0 fully saturated rings. The normalized spacial score (nSPS) is 11.4. The molecule has 25 heavy (non-hydrogen) atoms. The number of methoxy groups -OCH3 is 1. The number of hydrogen-bond acceptors (Lipinski definition) is 4. The number of anilines is 1. The average Bonchev–Trinajstić information content (AvgIpc) is 2.55. The number of halogens is 1. The number of nitrogens with one attached hydrogen (secondary N) is 1. The van der Waals surface area contributed by atoms with E-state index in [2.05, 4.69) is 5.32 Å². The summed E-state index contributed by atoms with van der Waals surface area (Å²) in [6.07, 6.45) is 0.0848. The highest BCUT2D eigenvalue weighted by atomic mass is 35.5. The second-order valence-electron chi connectivity index (χ2n) is 5.49. The van der Waals surface area contributed by atoms with Gasteiger partial charge in [-0.15, -0.1) is 0 Å². The van der Waals surface area contributed by atoms with Gasteiger partial charge in [0.1, 0.15) is 5.75 Å². The van der Waals surface area contributed by atoms with Gasteiger partial charge in [0.2, 0.25) is 15.9 Å². The highest BCUT2D eigenvalue weighted by molar-refractivity contribution is 7.89. The third-order valence-electron chi connectivity index (χ3n) is 3.51. The van der Waals surface area contributed by atoms with Crippen molar-refractivity contribution in [2.24, 2.45) is 0 Å². The van der Waals surface area contributed by atoms with E-state index in [9.17, 15) is 13.2 Å². The predicted molar refractivity (Wildman–Crippen MR) is 97.7 cm³/mol. The van der Waals surface area contributed by atoms with Gasteiger partial charge in [0, 0.05) is 30.4 Å². The van der Waals surface area contributed by atoms with E-state index in [0.29, 0.717) is 22.0 Å². The van der Waals surface area contributed by atoms with Crippen LogP contribution in [0.15, 0.2) is 47.4 Å². The van der Waals surface area contributed by atoms with Gasteiger partial charge in [0.05, 0.1) is 18.4 Å². The van der Waals surface area contributed by atoms with Crippen molar-refractivity contribution in [2.75, 3.05) is 26.5 Å².